The quantitative estimate of drug-likeness (QED) is 0.695. The molecule has 23 heavy (non-hydrogen) atoms. The molecule has 0 amide bonds. The molecule has 0 aliphatic carbocycles. The summed E-state index contributed by atoms with van der Waals surface area (Å²) in [6.45, 7) is 2.53. The number of carbonyl (C=O) groups is 1. The maximum absolute atomic E-state index is 12.5. The van der Waals surface area contributed by atoms with Gasteiger partial charge in [-0.05, 0) is 42.1 Å². The van der Waals surface area contributed by atoms with E-state index >= 15 is 0 Å². The fraction of sp³-hybridized carbons (Fsp3) is 0.158. The van der Waals surface area contributed by atoms with Crippen molar-refractivity contribution in [1.82, 2.24) is 4.57 Å². The summed E-state index contributed by atoms with van der Waals surface area (Å²) < 4.78 is 6.65. The van der Waals surface area contributed by atoms with E-state index in [1.165, 1.54) is 0 Å². The Hall–Kier alpha value is -2.88. The predicted molar refractivity (Wildman–Crippen MR) is 89.7 cm³/mol. The number of hydrogen-bond donors (Lipinski definition) is 0. The van der Waals surface area contributed by atoms with E-state index in [1.54, 1.807) is 35.9 Å². The van der Waals surface area contributed by atoms with Crippen LogP contribution in [0.5, 0.6) is 0 Å². The van der Waals surface area contributed by atoms with E-state index in [0.717, 1.165) is 10.9 Å². The fourth-order valence-corrected chi connectivity index (χ4v) is 2.56. The van der Waals surface area contributed by atoms with Crippen molar-refractivity contribution in [2.75, 3.05) is 6.61 Å². The highest BCUT2D eigenvalue weighted by atomic mass is 16.5. The van der Waals surface area contributed by atoms with Crippen molar-refractivity contribution in [3.05, 3.63) is 82.3 Å². The maximum Gasteiger partial charge on any atom is 0.338 e. The standard InChI is InChI=1S/C19H17NO3/c1-2-23-19(22)16-8-5-6-14(12-16)13-20-11-10-15-7-3-4-9-17(15)18(20)21/h3-12H,2,13H2,1H3. The molecule has 0 N–H and O–H groups in total. The molecule has 0 radical (unpaired) electrons. The van der Waals surface area contributed by atoms with Crippen LogP contribution in [0.15, 0.2) is 65.6 Å². The van der Waals surface area contributed by atoms with Crippen molar-refractivity contribution in [3.63, 3.8) is 0 Å². The van der Waals surface area contributed by atoms with E-state index in [4.69, 9.17) is 4.74 Å². The SMILES string of the molecule is CCOC(=O)c1cccc(Cn2ccc3ccccc3c2=O)c1. The minimum absolute atomic E-state index is 0.0374. The van der Waals surface area contributed by atoms with Crippen molar-refractivity contribution in [2.24, 2.45) is 0 Å². The second-order valence-corrected chi connectivity index (χ2v) is 5.26. The Bertz CT molecular complexity index is 912. The number of fused-ring (bicyclic) bond motifs is 1. The zero-order chi connectivity index (χ0) is 16.2. The van der Waals surface area contributed by atoms with E-state index in [2.05, 4.69) is 0 Å². The zero-order valence-electron chi connectivity index (χ0n) is 12.9. The van der Waals surface area contributed by atoms with Gasteiger partial charge in [-0.15, -0.1) is 0 Å². The molecule has 3 aromatic rings. The van der Waals surface area contributed by atoms with Crippen molar-refractivity contribution < 1.29 is 9.53 Å². The third-order valence-electron chi connectivity index (χ3n) is 3.68. The van der Waals surface area contributed by atoms with Gasteiger partial charge < -0.3 is 9.30 Å². The number of hydrogen-bond acceptors (Lipinski definition) is 3. The Kier molecular flexibility index (Phi) is 4.24. The van der Waals surface area contributed by atoms with Crippen LogP contribution >= 0.6 is 0 Å². The van der Waals surface area contributed by atoms with Crippen molar-refractivity contribution in [2.45, 2.75) is 13.5 Å². The van der Waals surface area contributed by atoms with Gasteiger partial charge in [0.05, 0.1) is 18.7 Å². The molecule has 116 valence electrons. The highest BCUT2D eigenvalue weighted by Gasteiger charge is 2.08. The molecule has 0 aliphatic heterocycles. The van der Waals surface area contributed by atoms with Gasteiger partial charge in [-0.3, -0.25) is 4.79 Å². The molecule has 0 unspecified atom stereocenters. The lowest BCUT2D eigenvalue weighted by atomic mass is 10.1. The third kappa shape index (κ3) is 3.16. The number of aromatic nitrogens is 1. The first-order valence-electron chi connectivity index (χ1n) is 7.53. The molecule has 2 aromatic carbocycles. The molecule has 0 saturated heterocycles. The Morgan fingerprint density at radius 2 is 1.91 bits per heavy atom. The van der Waals surface area contributed by atoms with Crippen LogP contribution in [0.3, 0.4) is 0 Å². The summed E-state index contributed by atoms with van der Waals surface area (Å²) in [4.78, 5) is 24.3. The normalized spacial score (nSPS) is 10.7. The molecule has 0 bridgehead atoms. The minimum atomic E-state index is -0.347. The molecule has 3 rings (SSSR count). The predicted octanol–water partition coefficient (Wildman–Crippen LogP) is 3.23. The van der Waals surface area contributed by atoms with Crippen molar-refractivity contribution in [3.8, 4) is 0 Å². The highest BCUT2D eigenvalue weighted by Crippen LogP contribution is 2.11. The molecule has 0 fully saturated rings. The van der Waals surface area contributed by atoms with Crippen molar-refractivity contribution in [1.29, 1.82) is 0 Å². The summed E-state index contributed by atoms with van der Waals surface area (Å²) in [5.74, 6) is -0.347. The Morgan fingerprint density at radius 3 is 2.74 bits per heavy atom. The number of benzene rings is 2. The van der Waals surface area contributed by atoms with Gasteiger partial charge in [0.2, 0.25) is 0 Å². The van der Waals surface area contributed by atoms with Gasteiger partial charge in [-0.2, -0.15) is 0 Å². The van der Waals surface area contributed by atoms with Crippen LogP contribution in [0.4, 0.5) is 0 Å². The van der Waals surface area contributed by atoms with Gasteiger partial charge in [-0.25, -0.2) is 4.79 Å². The summed E-state index contributed by atoms with van der Waals surface area (Å²) in [7, 11) is 0. The van der Waals surface area contributed by atoms with Crippen LogP contribution in [0.2, 0.25) is 0 Å². The first-order valence-corrected chi connectivity index (χ1v) is 7.53. The van der Waals surface area contributed by atoms with Crippen LogP contribution in [-0.2, 0) is 11.3 Å². The minimum Gasteiger partial charge on any atom is -0.462 e. The molecule has 0 aliphatic rings. The Morgan fingerprint density at radius 1 is 1.09 bits per heavy atom. The summed E-state index contributed by atoms with van der Waals surface area (Å²) in [5.41, 5.74) is 1.34. The summed E-state index contributed by atoms with van der Waals surface area (Å²) in [5, 5.41) is 1.62. The molecule has 0 atom stereocenters. The van der Waals surface area contributed by atoms with Gasteiger partial charge in [-0.1, -0.05) is 30.3 Å². The van der Waals surface area contributed by atoms with Gasteiger partial charge in [0.15, 0.2) is 0 Å². The second-order valence-electron chi connectivity index (χ2n) is 5.26. The van der Waals surface area contributed by atoms with Crippen LogP contribution in [0.1, 0.15) is 22.8 Å². The number of ether oxygens (including phenoxy) is 1. The zero-order valence-corrected chi connectivity index (χ0v) is 12.9. The monoisotopic (exact) mass is 307 g/mol. The molecule has 1 heterocycles. The fourth-order valence-electron chi connectivity index (χ4n) is 2.56. The summed E-state index contributed by atoms with van der Waals surface area (Å²) in [6.07, 6.45) is 1.78. The Balaban J connectivity index is 1.93. The van der Waals surface area contributed by atoms with Crippen LogP contribution in [0, 0.1) is 0 Å². The molecule has 1 aromatic heterocycles. The third-order valence-corrected chi connectivity index (χ3v) is 3.68. The summed E-state index contributed by atoms with van der Waals surface area (Å²) >= 11 is 0. The largest absolute Gasteiger partial charge is 0.462 e. The van der Waals surface area contributed by atoms with E-state index < -0.39 is 0 Å². The number of esters is 1. The number of pyridine rings is 1. The Labute approximate surface area is 133 Å². The first-order chi connectivity index (χ1) is 11.2. The lowest BCUT2D eigenvalue weighted by Crippen LogP contribution is -2.20. The van der Waals surface area contributed by atoms with Crippen LogP contribution in [-0.4, -0.2) is 17.1 Å². The lowest BCUT2D eigenvalue weighted by molar-refractivity contribution is 0.0526. The van der Waals surface area contributed by atoms with E-state index in [1.807, 2.05) is 36.4 Å². The number of nitrogens with zero attached hydrogens (tertiary/aromatic N) is 1. The van der Waals surface area contributed by atoms with Gasteiger partial charge >= 0.3 is 5.97 Å². The van der Waals surface area contributed by atoms with Gasteiger partial charge in [0, 0.05) is 11.6 Å². The molecular weight excluding hydrogens is 290 g/mol. The molecule has 0 saturated carbocycles. The maximum atomic E-state index is 12.5. The number of rotatable bonds is 4. The molecule has 0 spiro atoms. The molecule has 4 heteroatoms. The van der Waals surface area contributed by atoms with Gasteiger partial charge in [0.25, 0.3) is 5.56 Å². The summed E-state index contributed by atoms with van der Waals surface area (Å²) in [6, 6.07) is 16.6. The first kappa shape index (κ1) is 15.0. The molecule has 4 nitrogen and oxygen atoms in total. The second kappa shape index (κ2) is 6.48. The lowest BCUT2D eigenvalue weighted by Gasteiger charge is -2.09. The number of carbonyl (C=O) groups excluding carboxylic acids is 1. The van der Waals surface area contributed by atoms with Crippen LogP contribution < -0.4 is 5.56 Å². The average molecular weight is 307 g/mol. The van der Waals surface area contributed by atoms with E-state index in [0.29, 0.717) is 24.1 Å². The van der Waals surface area contributed by atoms with Crippen LogP contribution in [0.25, 0.3) is 10.8 Å². The van der Waals surface area contributed by atoms with Crippen molar-refractivity contribution >= 4 is 16.7 Å². The van der Waals surface area contributed by atoms with E-state index in [-0.39, 0.29) is 11.5 Å². The molecular formula is C19H17NO3. The highest BCUT2D eigenvalue weighted by molar-refractivity contribution is 5.89. The smallest absolute Gasteiger partial charge is 0.338 e. The average Bonchev–Trinajstić information content (AvgIpc) is 2.58. The van der Waals surface area contributed by atoms with Gasteiger partial charge in [0.1, 0.15) is 0 Å². The topological polar surface area (TPSA) is 48.3 Å². The van der Waals surface area contributed by atoms with E-state index in [9.17, 15) is 9.59 Å².